The van der Waals surface area contributed by atoms with Crippen molar-refractivity contribution in [3.05, 3.63) is 46.9 Å². The highest BCUT2D eigenvalue weighted by atomic mass is 35.5. The Morgan fingerprint density at radius 3 is 2.94 bits per heavy atom. The van der Waals surface area contributed by atoms with Crippen LogP contribution in [0.4, 0.5) is 23.1 Å². The number of carbonyl (C=O) groups excluding carboxylic acids is 1. The van der Waals surface area contributed by atoms with Crippen molar-refractivity contribution in [1.29, 1.82) is 0 Å². The number of hydrogen-bond acceptors (Lipinski definition) is 7. The van der Waals surface area contributed by atoms with Gasteiger partial charge in [0.15, 0.2) is 5.82 Å². The van der Waals surface area contributed by atoms with Gasteiger partial charge in [-0.2, -0.15) is 4.98 Å². The summed E-state index contributed by atoms with van der Waals surface area (Å²) < 4.78 is 0. The molecule has 0 spiro atoms. The lowest BCUT2D eigenvalue weighted by Gasteiger charge is -2.22. The number of carbonyl (C=O) groups is 1. The van der Waals surface area contributed by atoms with Crippen molar-refractivity contribution in [2.45, 2.75) is 38.5 Å². The SMILES string of the molecule is O=C(CC1CCNCC1)Nc1ccc2cc1CCC1C=NC=C(C1)Nc1ncc(Cl)c(n1)N2. The third-order valence-electron chi connectivity index (χ3n) is 6.39. The molecule has 8 nitrogen and oxygen atoms in total. The Kier molecular flexibility index (Phi) is 6.55. The zero-order valence-electron chi connectivity index (χ0n) is 18.4. The molecule has 1 unspecified atom stereocenters. The van der Waals surface area contributed by atoms with Crippen molar-refractivity contribution in [3.8, 4) is 0 Å². The summed E-state index contributed by atoms with van der Waals surface area (Å²) in [5.74, 6) is 1.82. The molecule has 5 rings (SSSR count). The summed E-state index contributed by atoms with van der Waals surface area (Å²) in [6.45, 7) is 1.98. The second kappa shape index (κ2) is 9.89. The lowest BCUT2D eigenvalue weighted by molar-refractivity contribution is -0.117. The molecule has 0 aliphatic carbocycles. The van der Waals surface area contributed by atoms with Gasteiger partial charge >= 0.3 is 0 Å². The van der Waals surface area contributed by atoms with Crippen LogP contribution in [0.3, 0.4) is 0 Å². The summed E-state index contributed by atoms with van der Waals surface area (Å²) in [5, 5.41) is 13.5. The molecule has 1 saturated heterocycles. The minimum atomic E-state index is 0.0823. The molecule has 4 heterocycles. The fraction of sp³-hybridized carbons (Fsp3) is 0.417. The van der Waals surface area contributed by atoms with Gasteiger partial charge in [-0.05, 0) is 74.9 Å². The number of benzene rings is 1. The highest BCUT2D eigenvalue weighted by Gasteiger charge is 2.20. The number of amides is 1. The summed E-state index contributed by atoms with van der Waals surface area (Å²) >= 11 is 6.35. The van der Waals surface area contributed by atoms with E-state index in [1.54, 1.807) is 6.20 Å². The van der Waals surface area contributed by atoms with E-state index in [0.29, 0.717) is 35.0 Å². The van der Waals surface area contributed by atoms with Crippen LogP contribution < -0.4 is 21.3 Å². The zero-order valence-corrected chi connectivity index (χ0v) is 19.2. The molecule has 1 atom stereocenters. The number of nitrogens with one attached hydrogen (secondary N) is 4. The Balaban J connectivity index is 1.41. The normalized spacial score (nSPS) is 20.3. The quantitative estimate of drug-likeness (QED) is 0.532. The molecule has 1 fully saturated rings. The Morgan fingerprint density at radius 2 is 2.06 bits per heavy atom. The van der Waals surface area contributed by atoms with Crippen LogP contribution in [0.5, 0.6) is 0 Å². The third-order valence-corrected chi connectivity index (χ3v) is 6.66. The number of anilines is 4. The molecule has 0 saturated carbocycles. The highest BCUT2D eigenvalue weighted by molar-refractivity contribution is 6.32. The van der Waals surface area contributed by atoms with Crippen LogP contribution in [-0.2, 0) is 11.2 Å². The van der Waals surface area contributed by atoms with Gasteiger partial charge in [0.05, 0.1) is 6.20 Å². The number of allylic oxidation sites excluding steroid dienone is 1. The van der Waals surface area contributed by atoms with Crippen molar-refractivity contribution in [2.75, 3.05) is 29.0 Å². The van der Waals surface area contributed by atoms with Gasteiger partial charge < -0.3 is 21.3 Å². The molecule has 4 N–H and O–H groups in total. The minimum absolute atomic E-state index is 0.0823. The Bertz CT molecular complexity index is 1090. The molecule has 1 aromatic heterocycles. The predicted molar refractivity (Wildman–Crippen MR) is 132 cm³/mol. The number of fused-ring (bicyclic) bond motifs is 6. The second-order valence-electron chi connectivity index (χ2n) is 8.91. The van der Waals surface area contributed by atoms with E-state index in [9.17, 15) is 4.79 Å². The standard InChI is InChI=1S/C24H28ClN7O/c25-20-14-28-24-30-19-9-16(12-27-13-19)1-2-17-11-18(29-23(20)32-24)3-4-21(17)31-22(33)10-15-5-7-26-8-6-15/h3-4,11-16,26H,1-2,5-10H2,(H,31,33)(H2,28,29,30,32). The van der Waals surface area contributed by atoms with Gasteiger partial charge in [-0.15, -0.1) is 0 Å². The van der Waals surface area contributed by atoms with E-state index in [2.05, 4.69) is 42.3 Å². The molecule has 6 bridgehead atoms. The van der Waals surface area contributed by atoms with Crippen molar-refractivity contribution < 1.29 is 4.79 Å². The molecule has 9 heteroatoms. The van der Waals surface area contributed by atoms with E-state index in [4.69, 9.17) is 11.6 Å². The molecule has 0 radical (unpaired) electrons. The monoisotopic (exact) mass is 465 g/mol. The molecule has 172 valence electrons. The molecule has 1 amide bonds. The number of aliphatic imine (C=N–C) groups is 1. The predicted octanol–water partition coefficient (Wildman–Crippen LogP) is 4.49. The Hall–Kier alpha value is -2.97. The number of nitrogens with zero attached hydrogens (tertiary/aromatic N) is 3. The van der Waals surface area contributed by atoms with E-state index >= 15 is 0 Å². The maximum Gasteiger partial charge on any atom is 0.229 e. The number of aryl methyl sites for hydroxylation is 1. The van der Waals surface area contributed by atoms with Crippen LogP contribution in [0.25, 0.3) is 0 Å². The molecule has 33 heavy (non-hydrogen) atoms. The number of hydrogen-bond donors (Lipinski definition) is 4. The summed E-state index contributed by atoms with van der Waals surface area (Å²) in [6, 6.07) is 5.98. The second-order valence-corrected chi connectivity index (χ2v) is 9.32. The maximum absolute atomic E-state index is 12.8. The smallest absolute Gasteiger partial charge is 0.229 e. The van der Waals surface area contributed by atoms with Gasteiger partial charge in [-0.3, -0.25) is 9.79 Å². The van der Waals surface area contributed by atoms with E-state index < -0.39 is 0 Å². The molecule has 1 aromatic carbocycles. The average molecular weight is 466 g/mol. The van der Waals surface area contributed by atoms with Crippen molar-refractivity contribution in [3.63, 3.8) is 0 Å². The first kappa shape index (κ1) is 21.9. The van der Waals surface area contributed by atoms with Gasteiger partial charge in [0, 0.05) is 41.8 Å². The van der Waals surface area contributed by atoms with Gasteiger partial charge in [0.2, 0.25) is 11.9 Å². The van der Waals surface area contributed by atoms with Crippen LogP contribution in [-0.4, -0.2) is 35.2 Å². The van der Waals surface area contributed by atoms with Gasteiger partial charge in [-0.25, -0.2) is 4.98 Å². The number of piperidine rings is 1. The van der Waals surface area contributed by atoms with Crippen molar-refractivity contribution >= 4 is 46.9 Å². The molecular formula is C24H28ClN7O. The Labute approximate surface area is 198 Å². The molecular weight excluding hydrogens is 438 g/mol. The van der Waals surface area contributed by atoms with Gasteiger partial charge in [0.1, 0.15) is 5.02 Å². The lowest BCUT2D eigenvalue weighted by atomic mass is 9.93. The van der Waals surface area contributed by atoms with Crippen LogP contribution >= 0.6 is 11.6 Å². The first-order valence-corrected chi connectivity index (χ1v) is 11.9. The van der Waals surface area contributed by atoms with Crippen molar-refractivity contribution in [1.82, 2.24) is 15.3 Å². The van der Waals surface area contributed by atoms with E-state index in [1.807, 2.05) is 24.5 Å². The molecule has 3 aliphatic rings. The largest absolute Gasteiger partial charge is 0.339 e. The zero-order chi connectivity index (χ0) is 22.6. The van der Waals surface area contributed by atoms with Crippen LogP contribution in [0, 0.1) is 11.8 Å². The lowest BCUT2D eigenvalue weighted by Crippen LogP contribution is -2.30. The first-order valence-electron chi connectivity index (χ1n) is 11.5. The molecule has 2 aromatic rings. The van der Waals surface area contributed by atoms with Gasteiger partial charge in [0.25, 0.3) is 0 Å². The topological polar surface area (TPSA) is 103 Å². The first-order chi connectivity index (χ1) is 16.1. The van der Waals surface area contributed by atoms with Gasteiger partial charge in [-0.1, -0.05) is 11.6 Å². The van der Waals surface area contributed by atoms with Crippen LogP contribution in [0.15, 0.2) is 41.3 Å². The Morgan fingerprint density at radius 1 is 1.18 bits per heavy atom. The minimum Gasteiger partial charge on any atom is -0.339 e. The average Bonchev–Trinajstić information content (AvgIpc) is 2.82. The number of halogens is 1. The fourth-order valence-corrected chi connectivity index (χ4v) is 4.73. The number of rotatable bonds is 3. The van der Waals surface area contributed by atoms with E-state index in [-0.39, 0.29) is 5.91 Å². The summed E-state index contributed by atoms with van der Waals surface area (Å²) in [6.07, 6.45) is 10.6. The highest BCUT2D eigenvalue weighted by Crippen LogP contribution is 2.31. The fourth-order valence-electron chi connectivity index (χ4n) is 4.59. The summed E-state index contributed by atoms with van der Waals surface area (Å²) in [4.78, 5) is 26.0. The third kappa shape index (κ3) is 5.51. The molecule has 3 aliphatic heterocycles. The van der Waals surface area contributed by atoms with Crippen molar-refractivity contribution in [2.24, 2.45) is 16.8 Å². The van der Waals surface area contributed by atoms with E-state index in [1.165, 1.54) is 0 Å². The number of aromatic nitrogens is 2. The van der Waals surface area contributed by atoms with E-state index in [0.717, 1.165) is 67.8 Å². The summed E-state index contributed by atoms with van der Waals surface area (Å²) in [7, 11) is 0. The van der Waals surface area contributed by atoms with Crippen LogP contribution in [0.2, 0.25) is 5.02 Å². The summed E-state index contributed by atoms with van der Waals surface area (Å²) in [5.41, 5.74) is 3.78. The maximum atomic E-state index is 12.8. The van der Waals surface area contributed by atoms with Crippen LogP contribution in [0.1, 0.15) is 37.7 Å².